The van der Waals surface area contributed by atoms with Crippen LogP contribution in [0, 0.1) is 6.92 Å². The maximum atomic E-state index is 13.7. The van der Waals surface area contributed by atoms with E-state index < -0.39 is 18.0 Å². The molecule has 1 aliphatic rings. The number of carbonyl (C=O) groups excluding carboxylic acids is 2. The summed E-state index contributed by atoms with van der Waals surface area (Å²) < 4.78 is 13.1. The van der Waals surface area contributed by atoms with Crippen molar-refractivity contribution in [2.45, 2.75) is 26.8 Å². The standard InChI is InChI=1S/C29H23ClN2O6S/c1-4-37-28(36)24-16(3)31-29-32(25(24)17-7-5-15(2)6-8-17)26(33)23(39-29)14-19-10-12-22(38-19)18-9-11-20(27(34)35)21(30)13-18/h5-14,25H,4H2,1-3H3,(H,34,35)/p-1/b23-14-/t25-/m1/s1. The first-order valence-corrected chi connectivity index (χ1v) is 13.2. The second-order valence-electron chi connectivity index (χ2n) is 8.90. The molecule has 39 heavy (non-hydrogen) atoms. The maximum Gasteiger partial charge on any atom is 0.338 e. The molecule has 1 atom stereocenters. The molecule has 0 amide bonds. The van der Waals surface area contributed by atoms with Gasteiger partial charge in [0.2, 0.25) is 0 Å². The molecule has 0 aliphatic carbocycles. The van der Waals surface area contributed by atoms with Gasteiger partial charge in [0.05, 0.1) is 39.4 Å². The van der Waals surface area contributed by atoms with Gasteiger partial charge < -0.3 is 19.1 Å². The molecule has 3 heterocycles. The van der Waals surface area contributed by atoms with Crippen LogP contribution in [-0.4, -0.2) is 23.1 Å². The molecule has 2 aromatic carbocycles. The summed E-state index contributed by atoms with van der Waals surface area (Å²) >= 11 is 7.26. The van der Waals surface area contributed by atoms with E-state index in [4.69, 9.17) is 20.8 Å². The average Bonchev–Trinajstić information content (AvgIpc) is 3.48. The topological polar surface area (TPSA) is 114 Å². The second-order valence-corrected chi connectivity index (χ2v) is 10.3. The number of carboxylic acids is 1. The lowest BCUT2D eigenvalue weighted by molar-refractivity contribution is -0.255. The number of nitrogens with zero attached hydrogens (tertiary/aromatic N) is 2. The summed E-state index contributed by atoms with van der Waals surface area (Å²) in [5, 5.41) is 11.2. The van der Waals surface area contributed by atoms with E-state index in [9.17, 15) is 19.5 Å². The number of furan rings is 1. The Bertz CT molecular complexity index is 1830. The normalized spacial score (nSPS) is 15.2. The number of benzene rings is 2. The van der Waals surface area contributed by atoms with Crippen molar-refractivity contribution < 1.29 is 23.8 Å². The fourth-order valence-corrected chi connectivity index (χ4v) is 5.69. The highest BCUT2D eigenvalue weighted by atomic mass is 35.5. The zero-order valence-electron chi connectivity index (χ0n) is 21.2. The van der Waals surface area contributed by atoms with Crippen LogP contribution >= 0.6 is 22.9 Å². The number of aromatic nitrogens is 1. The van der Waals surface area contributed by atoms with Gasteiger partial charge in [0.25, 0.3) is 5.56 Å². The summed E-state index contributed by atoms with van der Waals surface area (Å²) in [5.41, 5.74) is 2.75. The largest absolute Gasteiger partial charge is 0.545 e. The van der Waals surface area contributed by atoms with E-state index in [0.717, 1.165) is 11.1 Å². The lowest BCUT2D eigenvalue weighted by Gasteiger charge is -2.24. The van der Waals surface area contributed by atoms with Crippen LogP contribution in [0.3, 0.4) is 0 Å². The van der Waals surface area contributed by atoms with Crippen LogP contribution in [-0.2, 0) is 9.53 Å². The number of halogens is 1. The second kappa shape index (κ2) is 10.5. The number of allylic oxidation sites excluding steroid dienone is 1. The molecule has 0 saturated carbocycles. The first-order chi connectivity index (χ1) is 18.7. The van der Waals surface area contributed by atoms with Crippen molar-refractivity contribution in [3.8, 4) is 11.3 Å². The number of esters is 1. The van der Waals surface area contributed by atoms with Gasteiger partial charge in [0.15, 0.2) is 4.80 Å². The van der Waals surface area contributed by atoms with Gasteiger partial charge in [0, 0.05) is 17.2 Å². The Morgan fingerprint density at radius 2 is 1.90 bits per heavy atom. The van der Waals surface area contributed by atoms with Crippen LogP contribution in [0.5, 0.6) is 0 Å². The summed E-state index contributed by atoms with van der Waals surface area (Å²) in [6.07, 6.45) is 1.61. The summed E-state index contributed by atoms with van der Waals surface area (Å²) in [6, 6.07) is 14.7. The van der Waals surface area contributed by atoms with Gasteiger partial charge >= 0.3 is 5.97 Å². The lowest BCUT2D eigenvalue weighted by Crippen LogP contribution is -2.39. The number of hydrogen-bond donors (Lipinski definition) is 0. The zero-order chi connectivity index (χ0) is 27.8. The molecule has 0 unspecified atom stereocenters. The van der Waals surface area contributed by atoms with E-state index in [1.54, 1.807) is 38.1 Å². The number of fused-ring (bicyclic) bond motifs is 1. The van der Waals surface area contributed by atoms with Gasteiger partial charge in [-0.3, -0.25) is 9.36 Å². The molecule has 5 rings (SSSR count). The van der Waals surface area contributed by atoms with Gasteiger partial charge in [-0.15, -0.1) is 0 Å². The van der Waals surface area contributed by atoms with Gasteiger partial charge in [-0.2, -0.15) is 0 Å². The van der Waals surface area contributed by atoms with Gasteiger partial charge in [0.1, 0.15) is 11.5 Å². The minimum Gasteiger partial charge on any atom is -0.545 e. The zero-order valence-corrected chi connectivity index (χ0v) is 22.8. The lowest BCUT2D eigenvalue weighted by atomic mass is 9.95. The Balaban J connectivity index is 1.60. The van der Waals surface area contributed by atoms with Crippen molar-refractivity contribution in [1.82, 2.24) is 4.57 Å². The molecule has 2 aromatic heterocycles. The van der Waals surface area contributed by atoms with E-state index in [-0.39, 0.29) is 22.8 Å². The summed E-state index contributed by atoms with van der Waals surface area (Å²) in [6.45, 7) is 5.63. The predicted octanol–water partition coefficient (Wildman–Crippen LogP) is 3.38. The van der Waals surface area contributed by atoms with Crippen molar-refractivity contribution in [3.63, 3.8) is 0 Å². The van der Waals surface area contributed by atoms with Gasteiger partial charge in [-0.1, -0.05) is 64.9 Å². The fourth-order valence-electron chi connectivity index (χ4n) is 4.40. The smallest absolute Gasteiger partial charge is 0.338 e. The molecule has 0 saturated heterocycles. The number of aryl methyl sites for hydroxylation is 1. The van der Waals surface area contributed by atoms with Crippen molar-refractivity contribution in [3.05, 3.63) is 113 Å². The van der Waals surface area contributed by atoms with Crippen molar-refractivity contribution in [2.75, 3.05) is 6.61 Å². The Morgan fingerprint density at radius 3 is 2.56 bits per heavy atom. The number of rotatable bonds is 6. The average molecular weight is 562 g/mol. The first-order valence-electron chi connectivity index (χ1n) is 12.0. The molecule has 0 fully saturated rings. The first kappa shape index (κ1) is 26.4. The Morgan fingerprint density at radius 1 is 1.15 bits per heavy atom. The molecule has 1 aliphatic heterocycles. The number of carboxylic acid groups (broad SMARTS) is 1. The number of hydrogen-bond acceptors (Lipinski definition) is 8. The van der Waals surface area contributed by atoms with Gasteiger partial charge in [-0.05, 0) is 44.5 Å². The monoisotopic (exact) mass is 561 g/mol. The molecule has 10 heteroatoms. The SMILES string of the molecule is CCOC(=O)C1=C(C)N=c2s/c(=C\c3ccc(-c4ccc(C(=O)[O-])c(Cl)c4)o3)c(=O)n2[C@@H]1c1ccc(C)cc1. The molecule has 4 aromatic rings. The molecule has 0 bridgehead atoms. The Labute approximate surface area is 231 Å². The molecule has 8 nitrogen and oxygen atoms in total. The molecule has 0 N–H and O–H groups in total. The molecule has 0 radical (unpaired) electrons. The highest BCUT2D eigenvalue weighted by molar-refractivity contribution is 7.07. The van der Waals surface area contributed by atoms with Crippen LogP contribution in [0.4, 0.5) is 0 Å². The van der Waals surface area contributed by atoms with Crippen LogP contribution in [0.15, 0.2) is 80.1 Å². The van der Waals surface area contributed by atoms with Crippen LogP contribution in [0.1, 0.15) is 47.1 Å². The van der Waals surface area contributed by atoms with E-state index in [1.807, 2.05) is 31.2 Å². The number of thiazole rings is 1. The Hall–Kier alpha value is -4.21. The van der Waals surface area contributed by atoms with Crippen LogP contribution < -0.4 is 20.0 Å². The number of aromatic carboxylic acids is 1. The summed E-state index contributed by atoms with van der Waals surface area (Å²) in [4.78, 5) is 42.9. The van der Waals surface area contributed by atoms with E-state index in [1.165, 1.54) is 28.0 Å². The van der Waals surface area contributed by atoms with Crippen LogP contribution in [0.2, 0.25) is 5.02 Å². The predicted molar refractivity (Wildman–Crippen MR) is 145 cm³/mol. The highest BCUT2D eigenvalue weighted by Gasteiger charge is 2.33. The van der Waals surface area contributed by atoms with Crippen molar-refractivity contribution >= 4 is 41.0 Å². The molecular weight excluding hydrogens is 540 g/mol. The third-order valence-electron chi connectivity index (χ3n) is 6.28. The fraction of sp³-hybridized carbons (Fsp3) is 0.172. The highest BCUT2D eigenvalue weighted by Crippen LogP contribution is 2.31. The van der Waals surface area contributed by atoms with Crippen molar-refractivity contribution in [1.29, 1.82) is 0 Å². The molecular formula is C29H22ClN2O6S-. The van der Waals surface area contributed by atoms with E-state index >= 15 is 0 Å². The third kappa shape index (κ3) is 4.98. The third-order valence-corrected chi connectivity index (χ3v) is 7.58. The van der Waals surface area contributed by atoms with Crippen LogP contribution in [0.25, 0.3) is 17.4 Å². The van der Waals surface area contributed by atoms with Crippen molar-refractivity contribution in [2.24, 2.45) is 4.99 Å². The van der Waals surface area contributed by atoms with E-state index in [2.05, 4.69) is 4.99 Å². The number of carbonyl (C=O) groups is 2. The summed E-state index contributed by atoms with van der Waals surface area (Å²) in [7, 11) is 0. The maximum absolute atomic E-state index is 13.7. The minimum atomic E-state index is -1.37. The quantitative estimate of drug-likeness (QED) is 0.333. The van der Waals surface area contributed by atoms with Gasteiger partial charge in [-0.25, -0.2) is 9.79 Å². The minimum absolute atomic E-state index is 0.0302. The Kier molecular flexibility index (Phi) is 7.12. The molecule has 198 valence electrons. The summed E-state index contributed by atoms with van der Waals surface area (Å²) in [5.74, 6) is -1.03. The van der Waals surface area contributed by atoms with E-state index in [0.29, 0.717) is 37.7 Å². The number of ether oxygens (including phenoxy) is 1. The molecule has 0 spiro atoms.